The maximum absolute atomic E-state index is 13.2. The summed E-state index contributed by atoms with van der Waals surface area (Å²) >= 11 is 0. The number of fused-ring (bicyclic) bond motifs is 3. The van der Waals surface area contributed by atoms with E-state index in [0.29, 0.717) is 11.5 Å². The Bertz CT molecular complexity index is 982. The number of hydrogen-bond donors (Lipinski definition) is 0. The molecule has 1 aliphatic rings. The van der Waals surface area contributed by atoms with Crippen molar-refractivity contribution < 1.29 is 23.1 Å². The van der Waals surface area contributed by atoms with Crippen LogP contribution in [-0.4, -0.2) is 4.92 Å². The van der Waals surface area contributed by atoms with Crippen molar-refractivity contribution in [3.63, 3.8) is 0 Å². The van der Waals surface area contributed by atoms with E-state index in [1.807, 2.05) is 24.3 Å². The standard InChI is InChI=1S/C18H12NO6P/c20-19(21)13-9-11-14(12-10-13)23-26(22)24-17-7-3-1-5-15(17)16-6-2-4-8-18(16)25-26/h1-12H. The highest BCUT2D eigenvalue weighted by atomic mass is 31.2. The summed E-state index contributed by atoms with van der Waals surface area (Å²) in [6.07, 6.45) is 0. The topological polar surface area (TPSA) is 87.9 Å². The molecule has 0 fully saturated rings. The zero-order valence-electron chi connectivity index (χ0n) is 13.3. The zero-order chi connectivity index (χ0) is 18.1. The Labute approximate surface area is 148 Å². The van der Waals surface area contributed by atoms with E-state index >= 15 is 0 Å². The van der Waals surface area contributed by atoms with E-state index in [2.05, 4.69) is 0 Å². The Hall–Kier alpha value is -3.31. The molecule has 8 heteroatoms. The maximum Gasteiger partial charge on any atom is 0.647 e. The Morgan fingerprint density at radius 1 is 0.808 bits per heavy atom. The number of non-ortho nitro benzene ring substituents is 1. The average Bonchev–Trinajstić information content (AvgIpc) is 2.75. The molecule has 0 amide bonds. The van der Waals surface area contributed by atoms with Crippen molar-refractivity contribution in [1.29, 1.82) is 0 Å². The smallest absolute Gasteiger partial charge is 0.386 e. The van der Waals surface area contributed by atoms with Crippen LogP contribution in [0.2, 0.25) is 0 Å². The molecule has 0 N–H and O–H groups in total. The van der Waals surface area contributed by atoms with Gasteiger partial charge in [-0.1, -0.05) is 36.4 Å². The Kier molecular flexibility index (Phi) is 3.86. The van der Waals surface area contributed by atoms with E-state index in [1.54, 1.807) is 24.3 Å². The SMILES string of the molecule is O=[N+]([O-])c1ccc(OP2(=O)Oc3ccccc3-c3ccccc3O2)cc1. The van der Waals surface area contributed by atoms with Crippen molar-refractivity contribution >= 4 is 13.5 Å². The lowest BCUT2D eigenvalue weighted by Crippen LogP contribution is -2.06. The van der Waals surface area contributed by atoms with Crippen LogP contribution in [0, 0.1) is 10.1 Å². The lowest BCUT2D eigenvalue weighted by atomic mass is 10.0. The van der Waals surface area contributed by atoms with E-state index < -0.39 is 12.7 Å². The van der Waals surface area contributed by atoms with Gasteiger partial charge in [0.1, 0.15) is 17.2 Å². The fraction of sp³-hybridized carbons (Fsp3) is 0. The van der Waals surface area contributed by atoms with Gasteiger partial charge in [0, 0.05) is 23.3 Å². The normalized spacial score (nSPS) is 14.0. The number of phosphoric acid groups is 1. The minimum Gasteiger partial charge on any atom is -0.386 e. The van der Waals surface area contributed by atoms with Gasteiger partial charge in [-0.25, -0.2) is 0 Å². The van der Waals surface area contributed by atoms with Crippen molar-refractivity contribution in [2.75, 3.05) is 0 Å². The highest BCUT2D eigenvalue weighted by Gasteiger charge is 2.37. The van der Waals surface area contributed by atoms with Gasteiger partial charge >= 0.3 is 7.82 Å². The van der Waals surface area contributed by atoms with E-state index in [-0.39, 0.29) is 11.4 Å². The van der Waals surface area contributed by atoms with E-state index in [1.165, 1.54) is 24.3 Å². The fourth-order valence-corrected chi connectivity index (χ4v) is 3.88. The minimum absolute atomic E-state index is 0.103. The number of rotatable bonds is 3. The molecule has 130 valence electrons. The van der Waals surface area contributed by atoms with Gasteiger partial charge in [-0.05, 0) is 24.3 Å². The minimum atomic E-state index is -4.05. The Morgan fingerprint density at radius 3 is 1.81 bits per heavy atom. The molecule has 1 heterocycles. The van der Waals surface area contributed by atoms with Crippen molar-refractivity contribution in [3.8, 4) is 28.4 Å². The molecule has 0 bridgehead atoms. The molecule has 0 aromatic heterocycles. The van der Waals surface area contributed by atoms with Crippen molar-refractivity contribution in [1.82, 2.24) is 0 Å². The van der Waals surface area contributed by atoms with Crippen molar-refractivity contribution in [3.05, 3.63) is 82.9 Å². The monoisotopic (exact) mass is 369 g/mol. The molecule has 1 aliphatic heterocycles. The number of nitro groups is 1. The summed E-state index contributed by atoms with van der Waals surface area (Å²) in [4.78, 5) is 10.2. The number of para-hydroxylation sites is 2. The first-order valence-corrected chi connectivity index (χ1v) is 9.12. The largest absolute Gasteiger partial charge is 0.647 e. The van der Waals surface area contributed by atoms with Gasteiger partial charge in [-0.15, -0.1) is 0 Å². The predicted molar refractivity (Wildman–Crippen MR) is 94.5 cm³/mol. The van der Waals surface area contributed by atoms with Gasteiger partial charge in [0.25, 0.3) is 5.69 Å². The van der Waals surface area contributed by atoms with E-state index in [9.17, 15) is 14.7 Å². The molecule has 0 spiro atoms. The first-order chi connectivity index (χ1) is 12.5. The molecule has 3 aromatic carbocycles. The molecule has 0 aliphatic carbocycles. The molecule has 0 radical (unpaired) electrons. The number of nitrogens with zero attached hydrogens (tertiary/aromatic N) is 1. The van der Waals surface area contributed by atoms with Crippen LogP contribution in [0.15, 0.2) is 72.8 Å². The van der Waals surface area contributed by atoms with Crippen LogP contribution in [0.1, 0.15) is 0 Å². The number of hydrogen-bond acceptors (Lipinski definition) is 6. The summed E-state index contributed by atoms with van der Waals surface area (Å²) in [6.45, 7) is 0. The number of benzene rings is 3. The molecular weight excluding hydrogens is 357 g/mol. The second-order valence-electron chi connectivity index (χ2n) is 5.46. The van der Waals surface area contributed by atoms with Gasteiger partial charge < -0.3 is 13.6 Å². The maximum atomic E-state index is 13.2. The second kappa shape index (κ2) is 6.20. The summed E-state index contributed by atoms with van der Waals surface area (Å²) in [6, 6.07) is 19.4. The van der Waals surface area contributed by atoms with E-state index in [0.717, 1.165) is 11.1 Å². The lowest BCUT2D eigenvalue weighted by molar-refractivity contribution is -0.384. The molecule has 26 heavy (non-hydrogen) atoms. The predicted octanol–water partition coefficient (Wildman–Crippen LogP) is 5.22. The van der Waals surface area contributed by atoms with Crippen molar-refractivity contribution in [2.45, 2.75) is 0 Å². The molecule has 7 nitrogen and oxygen atoms in total. The van der Waals surface area contributed by atoms with Gasteiger partial charge in [0.2, 0.25) is 0 Å². The Morgan fingerprint density at radius 2 is 1.31 bits per heavy atom. The third kappa shape index (κ3) is 3.00. The van der Waals surface area contributed by atoms with Crippen LogP contribution in [-0.2, 0) is 4.57 Å². The highest BCUT2D eigenvalue weighted by molar-refractivity contribution is 7.49. The summed E-state index contributed by atoms with van der Waals surface area (Å²) in [5.74, 6) is 0.862. The van der Waals surface area contributed by atoms with Crippen LogP contribution < -0.4 is 13.6 Å². The summed E-state index contributed by atoms with van der Waals surface area (Å²) < 4.78 is 29.8. The second-order valence-corrected chi connectivity index (χ2v) is 6.91. The van der Waals surface area contributed by atoms with Crippen LogP contribution in [0.4, 0.5) is 5.69 Å². The molecule has 0 saturated heterocycles. The average molecular weight is 369 g/mol. The molecule has 0 atom stereocenters. The summed E-state index contributed by atoms with van der Waals surface area (Å²) in [7, 11) is -4.05. The third-order valence-electron chi connectivity index (χ3n) is 3.75. The van der Waals surface area contributed by atoms with Gasteiger partial charge in [-0.2, -0.15) is 4.57 Å². The van der Waals surface area contributed by atoms with Crippen LogP contribution >= 0.6 is 7.82 Å². The first-order valence-electron chi connectivity index (χ1n) is 7.66. The zero-order valence-corrected chi connectivity index (χ0v) is 14.2. The van der Waals surface area contributed by atoms with Gasteiger partial charge in [0.15, 0.2) is 0 Å². The molecular formula is C18H12NO6P. The summed E-state index contributed by atoms with van der Waals surface area (Å²) in [5.41, 5.74) is 1.36. The first kappa shape index (κ1) is 16.2. The summed E-state index contributed by atoms with van der Waals surface area (Å²) in [5, 5.41) is 10.7. The van der Waals surface area contributed by atoms with E-state index in [4.69, 9.17) is 13.6 Å². The fourth-order valence-electron chi connectivity index (χ4n) is 2.59. The lowest BCUT2D eigenvalue weighted by Gasteiger charge is -2.17. The van der Waals surface area contributed by atoms with Gasteiger partial charge in [0.05, 0.1) is 4.92 Å². The van der Waals surface area contributed by atoms with Crippen LogP contribution in [0.5, 0.6) is 17.2 Å². The van der Waals surface area contributed by atoms with Crippen LogP contribution in [0.3, 0.4) is 0 Å². The molecule has 0 unspecified atom stereocenters. The molecule has 3 aromatic rings. The van der Waals surface area contributed by atoms with Crippen LogP contribution in [0.25, 0.3) is 11.1 Å². The quantitative estimate of drug-likeness (QED) is 0.357. The molecule has 4 rings (SSSR count). The highest BCUT2D eigenvalue weighted by Crippen LogP contribution is 2.56. The van der Waals surface area contributed by atoms with Gasteiger partial charge in [-0.3, -0.25) is 10.1 Å². The van der Waals surface area contributed by atoms with Crippen molar-refractivity contribution in [2.24, 2.45) is 0 Å². The third-order valence-corrected chi connectivity index (χ3v) is 5.02. The Balaban J connectivity index is 1.73. The number of nitro benzene ring substituents is 1. The number of phosphoric ester groups is 1. The molecule has 0 saturated carbocycles.